The fourth-order valence-electron chi connectivity index (χ4n) is 3.19. The number of fused-ring (bicyclic) bond motifs is 1. The van der Waals surface area contributed by atoms with E-state index in [4.69, 9.17) is 12.2 Å². The van der Waals surface area contributed by atoms with Gasteiger partial charge in [-0.1, -0.05) is 13.0 Å². The van der Waals surface area contributed by atoms with Crippen LogP contribution < -0.4 is 15.8 Å². The molecule has 158 valence electrons. The zero-order valence-electron chi connectivity index (χ0n) is 17.6. The van der Waals surface area contributed by atoms with Crippen LogP contribution in [0.25, 0.3) is 10.9 Å². The smallest absolute Gasteiger partial charge is 0.253 e. The molecule has 7 heteroatoms. The normalized spacial score (nSPS) is 11.1. The highest BCUT2D eigenvalue weighted by Gasteiger charge is 2.15. The molecule has 0 aliphatic heterocycles. The van der Waals surface area contributed by atoms with Crippen LogP contribution in [0.5, 0.6) is 0 Å². The summed E-state index contributed by atoms with van der Waals surface area (Å²) in [5.41, 5.74) is 3.31. The Labute approximate surface area is 181 Å². The Kier molecular flexibility index (Phi) is 7.18. The Bertz CT molecular complexity index is 1080. The van der Waals surface area contributed by atoms with Gasteiger partial charge in [-0.2, -0.15) is 0 Å². The largest absolute Gasteiger partial charge is 0.339 e. The number of rotatable bonds is 7. The van der Waals surface area contributed by atoms with Crippen molar-refractivity contribution in [2.75, 3.05) is 32.5 Å². The molecule has 5 nitrogen and oxygen atoms in total. The number of nitrogens with zero attached hydrogens (tertiary/aromatic N) is 1. The van der Waals surface area contributed by atoms with Crippen LogP contribution in [-0.2, 0) is 13.0 Å². The second-order valence-electron chi connectivity index (χ2n) is 7.71. The van der Waals surface area contributed by atoms with Crippen molar-refractivity contribution in [2.24, 2.45) is 0 Å². The average Bonchev–Trinajstić information content (AvgIpc) is 2.72. The van der Waals surface area contributed by atoms with E-state index in [1.807, 2.05) is 23.1 Å². The van der Waals surface area contributed by atoms with Crippen molar-refractivity contribution in [3.8, 4) is 0 Å². The van der Waals surface area contributed by atoms with Crippen LogP contribution in [0.3, 0.4) is 0 Å². The van der Waals surface area contributed by atoms with E-state index in [1.54, 1.807) is 12.1 Å². The molecule has 3 N–H and O–H groups in total. The predicted octanol–water partition coefficient (Wildman–Crippen LogP) is 2.57. The highest BCUT2D eigenvalue weighted by atomic mass is 32.1. The second-order valence-corrected chi connectivity index (χ2v) is 8.10. The van der Waals surface area contributed by atoms with Gasteiger partial charge in [0.05, 0.1) is 33.7 Å². The van der Waals surface area contributed by atoms with E-state index in [0.29, 0.717) is 29.5 Å². The summed E-state index contributed by atoms with van der Waals surface area (Å²) in [6, 6.07) is 14.1. The van der Waals surface area contributed by atoms with Gasteiger partial charge in [0.1, 0.15) is 5.82 Å². The molecule has 3 aromatic rings. The number of aryl methyl sites for hydroxylation is 1. The highest BCUT2D eigenvalue weighted by molar-refractivity contribution is 7.80. The minimum absolute atomic E-state index is 0.112. The first-order valence-electron chi connectivity index (χ1n) is 10.1. The lowest BCUT2D eigenvalue weighted by atomic mass is 10.1. The Morgan fingerprint density at radius 1 is 1.17 bits per heavy atom. The lowest BCUT2D eigenvalue weighted by Gasteiger charge is -2.26. The molecule has 0 radical (unpaired) electrons. The van der Waals surface area contributed by atoms with Crippen molar-refractivity contribution in [2.45, 2.75) is 19.9 Å². The summed E-state index contributed by atoms with van der Waals surface area (Å²) in [5, 5.41) is 4.68. The van der Waals surface area contributed by atoms with Gasteiger partial charge in [-0.25, -0.2) is 4.39 Å². The SMILES string of the molecule is CCc1ccc2[nH]c(=O)c(CN(CC[NH+](C)C)C(=S)Nc3ccc(F)cc3)cc2c1. The third kappa shape index (κ3) is 5.64. The number of aromatic nitrogens is 1. The van der Waals surface area contributed by atoms with Crippen LogP contribution in [0.1, 0.15) is 18.1 Å². The number of hydrogen-bond acceptors (Lipinski definition) is 2. The molecule has 30 heavy (non-hydrogen) atoms. The number of anilines is 1. The molecule has 0 unspecified atom stereocenters. The maximum absolute atomic E-state index is 13.2. The summed E-state index contributed by atoms with van der Waals surface area (Å²) < 4.78 is 13.2. The molecule has 0 saturated heterocycles. The van der Waals surface area contributed by atoms with Gasteiger partial charge in [0.25, 0.3) is 5.56 Å². The first kappa shape index (κ1) is 21.9. The van der Waals surface area contributed by atoms with E-state index in [-0.39, 0.29) is 11.4 Å². The molecule has 0 bridgehead atoms. The Morgan fingerprint density at radius 3 is 2.57 bits per heavy atom. The minimum atomic E-state index is -0.298. The quantitative estimate of drug-likeness (QED) is 0.508. The number of pyridine rings is 1. The molecule has 0 amide bonds. The van der Waals surface area contributed by atoms with Crippen molar-refractivity contribution < 1.29 is 9.29 Å². The second kappa shape index (κ2) is 9.82. The summed E-state index contributed by atoms with van der Waals surface area (Å²) in [6.45, 7) is 4.04. The third-order valence-corrected chi connectivity index (χ3v) is 5.38. The number of quaternary nitrogens is 1. The number of nitrogens with one attached hydrogen (secondary N) is 3. The van der Waals surface area contributed by atoms with Crippen molar-refractivity contribution in [1.82, 2.24) is 9.88 Å². The zero-order chi connectivity index (χ0) is 21.7. The number of benzene rings is 2. The van der Waals surface area contributed by atoms with Crippen molar-refractivity contribution in [3.05, 3.63) is 75.8 Å². The number of aromatic amines is 1. The van der Waals surface area contributed by atoms with Crippen LogP contribution in [0, 0.1) is 5.82 Å². The van der Waals surface area contributed by atoms with Crippen LogP contribution in [0.4, 0.5) is 10.1 Å². The summed E-state index contributed by atoms with van der Waals surface area (Å²) in [7, 11) is 4.15. The van der Waals surface area contributed by atoms with Crippen LogP contribution in [0.15, 0.2) is 53.3 Å². The standard InChI is InChI=1S/C23H27FN4OS/c1-4-16-5-10-21-17(13-16)14-18(22(29)26-21)15-28(12-11-27(2)3)23(30)25-20-8-6-19(24)7-9-20/h5-10,13-14H,4,11-12,15H2,1-3H3,(H,25,30)(H,26,29)/p+1. The number of H-pyrrole nitrogens is 1. The van der Waals surface area contributed by atoms with E-state index in [2.05, 4.69) is 37.4 Å². The van der Waals surface area contributed by atoms with Gasteiger partial charge in [-0.15, -0.1) is 0 Å². The van der Waals surface area contributed by atoms with Gasteiger partial charge in [-0.3, -0.25) is 4.79 Å². The van der Waals surface area contributed by atoms with Crippen molar-refractivity contribution in [1.29, 1.82) is 0 Å². The maximum atomic E-state index is 13.2. The first-order valence-corrected chi connectivity index (χ1v) is 10.5. The molecule has 0 atom stereocenters. The van der Waals surface area contributed by atoms with E-state index >= 15 is 0 Å². The van der Waals surface area contributed by atoms with Gasteiger partial charge < -0.3 is 20.1 Å². The Balaban J connectivity index is 1.86. The summed E-state index contributed by atoms with van der Waals surface area (Å²) >= 11 is 5.62. The minimum Gasteiger partial charge on any atom is -0.339 e. The van der Waals surface area contributed by atoms with Gasteiger partial charge >= 0.3 is 0 Å². The lowest BCUT2D eigenvalue weighted by molar-refractivity contribution is -0.857. The molecule has 0 aliphatic rings. The maximum Gasteiger partial charge on any atom is 0.253 e. The van der Waals surface area contributed by atoms with Gasteiger partial charge in [0.2, 0.25) is 0 Å². The molecule has 0 spiro atoms. The molecule has 0 aliphatic carbocycles. The third-order valence-electron chi connectivity index (χ3n) is 5.02. The molecule has 1 aromatic heterocycles. The zero-order valence-corrected chi connectivity index (χ0v) is 18.4. The van der Waals surface area contributed by atoms with Gasteiger partial charge in [0.15, 0.2) is 5.11 Å². The van der Waals surface area contributed by atoms with Gasteiger partial charge in [0, 0.05) is 16.8 Å². The molecular formula is C23H28FN4OS+. The highest BCUT2D eigenvalue weighted by Crippen LogP contribution is 2.16. The van der Waals surface area contributed by atoms with E-state index in [0.717, 1.165) is 23.9 Å². The van der Waals surface area contributed by atoms with E-state index in [9.17, 15) is 9.18 Å². The van der Waals surface area contributed by atoms with Crippen LogP contribution in [0.2, 0.25) is 0 Å². The van der Waals surface area contributed by atoms with Crippen molar-refractivity contribution in [3.63, 3.8) is 0 Å². The molecule has 0 fully saturated rings. The predicted molar refractivity (Wildman–Crippen MR) is 125 cm³/mol. The Morgan fingerprint density at radius 2 is 1.90 bits per heavy atom. The molecule has 1 heterocycles. The van der Waals surface area contributed by atoms with Gasteiger partial charge in [-0.05, 0) is 72.1 Å². The number of likely N-dealkylation sites (N-methyl/N-ethyl adjacent to an activating group) is 1. The monoisotopic (exact) mass is 427 g/mol. The van der Waals surface area contributed by atoms with E-state index in [1.165, 1.54) is 22.6 Å². The summed E-state index contributed by atoms with van der Waals surface area (Å²) in [6.07, 6.45) is 0.938. The lowest BCUT2D eigenvalue weighted by Crippen LogP contribution is -3.06. The van der Waals surface area contributed by atoms with Crippen LogP contribution in [-0.4, -0.2) is 42.2 Å². The van der Waals surface area contributed by atoms with Crippen LogP contribution >= 0.6 is 12.2 Å². The molecule has 2 aromatic carbocycles. The van der Waals surface area contributed by atoms with Crippen molar-refractivity contribution >= 4 is 33.9 Å². The number of hydrogen-bond donors (Lipinski definition) is 3. The summed E-state index contributed by atoms with van der Waals surface area (Å²) in [4.78, 5) is 18.9. The fraction of sp³-hybridized carbons (Fsp3) is 0.304. The fourth-order valence-corrected chi connectivity index (χ4v) is 3.46. The summed E-state index contributed by atoms with van der Waals surface area (Å²) in [5.74, 6) is -0.298. The van der Waals surface area contributed by atoms with E-state index < -0.39 is 0 Å². The molecule has 0 saturated carbocycles. The topological polar surface area (TPSA) is 52.6 Å². The molecule has 3 rings (SSSR count). The number of thiocarbonyl (C=S) groups is 1. The Hall–Kier alpha value is -2.77. The number of halogens is 1. The average molecular weight is 428 g/mol. The molecular weight excluding hydrogens is 399 g/mol. The first-order chi connectivity index (χ1) is 14.4.